The van der Waals surface area contributed by atoms with Gasteiger partial charge in [-0.2, -0.15) is 5.26 Å². The molecule has 1 aromatic rings. The van der Waals surface area contributed by atoms with E-state index >= 15 is 0 Å². The lowest BCUT2D eigenvalue weighted by Gasteiger charge is -2.25. The first-order chi connectivity index (χ1) is 8.49. The minimum Gasteiger partial charge on any atom is -0.300 e. The van der Waals surface area contributed by atoms with Crippen LogP contribution in [0.25, 0.3) is 0 Å². The van der Waals surface area contributed by atoms with Gasteiger partial charge in [0.25, 0.3) is 0 Å². The normalized spacial score (nSPS) is 15.9. The van der Waals surface area contributed by atoms with Crippen LogP contribution < -0.4 is 5.32 Å². The van der Waals surface area contributed by atoms with Gasteiger partial charge in [0, 0.05) is 5.25 Å². The van der Waals surface area contributed by atoms with E-state index in [0.717, 1.165) is 30.4 Å². The van der Waals surface area contributed by atoms with E-state index in [1.165, 1.54) is 0 Å². The van der Waals surface area contributed by atoms with E-state index in [1.807, 2.05) is 13.8 Å². The Morgan fingerprint density at radius 1 is 1.61 bits per heavy atom. The van der Waals surface area contributed by atoms with Crippen molar-refractivity contribution in [2.24, 2.45) is 0 Å². The highest BCUT2D eigenvalue weighted by Crippen LogP contribution is 2.26. The number of rotatable bonds is 7. The SMILES string of the molecule is CCCNC(C)(C#N)CC(C)Sc1n[nH]c(C)n1. The summed E-state index contributed by atoms with van der Waals surface area (Å²) in [4.78, 5) is 4.26. The van der Waals surface area contributed by atoms with E-state index in [4.69, 9.17) is 0 Å². The van der Waals surface area contributed by atoms with Crippen LogP contribution in [0.15, 0.2) is 5.16 Å². The van der Waals surface area contributed by atoms with Gasteiger partial charge < -0.3 is 0 Å². The number of aromatic amines is 1. The van der Waals surface area contributed by atoms with Gasteiger partial charge in [-0.05, 0) is 33.2 Å². The summed E-state index contributed by atoms with van der Waals surface area (Å²) < 4.78 is 0. The molecule has 0 aliphatic rings. The second-order valence-corrected chi connectivity index (χ2v) is 6.11. The van der Waals surface area contributed by atoms with Crippen LogP contribution in [-0.2, 0) is 0 Å². The smallest absolute Gasteiger partial charge is 0.208 e. The maximum absolute atomic E-state index is 9.27. The van der Waals surface area contributed by atoms with Crippen molar-refractivity contribution in [3.05, 3.63) is 5.82 Å². The van der Waals surface area contributed by atoms with Gasteiger partial charge in [0.05, 0.1) is 6.07 Å². The van der Waals surface area contributed by atoms with Gasteiger partial charge in [0.1, 0.15) is 11.4 Å². The molecule has 0 saturated heterocycles. The first-order valence-corrected chi connectivity index (χ1v) is 7.09. The molecule has 1 aromatic heterocycles. The van der Waals surface area contributed by atoms with Crippen molar-refractivity contribution in [2.75, 3.05) is 6.54 Å². The number of H-pyrrole nitrogens is 1. The minimum absolute atomic E-state index is 0.286. The Bertz CT molecular complexity index is 411. The van der Waals surface area contributed by atoms with Crippen LogP contribution in [0.1, 0.15) is 39.4 Å². The minimum atomic E-state index is -0.478. The zero-order valence-electron chi connectivity index (χ0n) is 11.4. The Balaban J connectivity index is 2.52. The number of nitrogens with one attached hydrogen (secondary N) is 2. The Morgan fingerprint density at radius 2 is 2.33 bits per heavy atom. The fourth-order valence-corrected chi connectivity index (χ4v) is 2.79. The lowest BCUT2D eigenvalue weighted by atomic mass is 9.98. The quantitative estimate of drug-likeness (QED) is 0.741. The topological polar surface area (TPSA) is 77.4 Å². The lowest BCUT2D eigenvalue weighted by molar-refractivity contribution is 0.418. The molecule has 0 saturated carbocycles. The zero-order chi connectivity index (χ0) is 13.6. The van der Waals surface area contributed by atoms with E-state index in [0.29, 0.717) is 0 Å². The summed E-state index contributed by atoms with van der Waals surface area (Å²) >= 11 is 1.60. The fraction of sp³-hybridized carbons (Fsp3) is 0.750. The third-order valence-electron chi connectivity index (χ3n) is 2.59. The average molecular weight is 267 g/mol. The van der Waals surface area contributed by atoms with Crippen molar-refractivity contribution in [2.45, 2.75) is 56.5 Å². The van der Waals surface area contributed by atoms with Crippen LogP contribution in [0.5, 0.6) is 0 Å². The number of thioether (sulfide) groups is 1. The maximum Gasteiger partial charge on any atom is 0.208 e. The molecular weight excluding hydrogens is 246 g/mol. The molecule has 0 amide bonds. The predicted molar refractivity (Wildman–Crippen MR) is 73.4 cm³/mol. The zero-order valence-corrected chi connectivity index (χ0v) is 12.3. The number of aromatic nitrogens is 3. The fourth-order valence-electron chi connectivity index (χ4n) is 1.73. The number of aryl methyl sites for hydroxylation is 1. The molecule has 0 aliphatic heterocycles. The molecule has 0 aliphatic carbocycles. The number of nitriles is 1. The summed E-state index contributed by atoms with van der Waals surface area (Å²) in [6.07, 6.45) is 1.79. The number of hydrogen-bond donors (Lipinski definition) is 2. The molecule has 2 atom stereocenters. The van der Waals surface area contributed by atoms with E-state index < -0.39 is 5.54 Å². The summed E-state index contributed by atoms with van der Waals surface area (Å²) in [5.74, 6) is 0.817. The molecule has 0 fully saturated rings. The van der Waals surface area contributed by atoms with Gasteiger partial charge in [0.2, 0.25) is 5.16 Å². The Morgan fingerprint density at radius 3 is 2.83 bits per heavy atom. The van der Waals surface area contributed by atoms with Gasteiger partial charge in [-0.3, -0.25) is 10.4 Å². The predicted octanol–water partition coefficient (Wildman–Crippen LogP) is 2.27. The highest BCUT2D eigenvalue weighted by Gasteiger charge is 2.26. The van der Waals surface area contributed by atoms with Gasteiger partial charge in [-0.1, -0.05) is 25.6 Å². The lowest BCUT2D eigenvalue weighted by Crippen LogP contribution is -2.43. The molecule has 1 rings (SSSR count). The molecule has 5 nitrogen and oxygen atoms in total. The number of nitrogens with zero attached hydrogens (tertiary/aromatic N) is 3. The van der Waals surface area contributed by atoms with E-state index in [1.54, 1.807) is 11.8 Å². The third-order valence-corrected chi connectivity index (χ3v) is 3.55. The summed E-state index contributed by atoms with van der Waals surface area (Å²) in [5.41, 5.74) is -0.478. The van der Waals surface area contributed by atoms with Crippen molar-refractivity contribution >= 4 is 11.8 Å². The first kappa shape index (κ1) is 15.0. The van der Waals surface area contributed by atoms with E-state index in [2.05, 4.69) is 40.4 Å². The molecule has 2 unspecified atom stereocenters. The van der Waals surface area contributed by atoms with Crippen molar-refractivity contribution in [3.8, 4) is 6.07 Å². The largest absolute Gasteiger partial charge is 0.300 e. The van der Waals surface area contributed by atoms with Crippen LogP contribution >= 0.6 is 11.8 Å². The second kappa shape index (κ2) is 6.76. The van der Waals surface area contributed by atoms with Crippen LogP contribution in [0.4, 0.5) is 0 Å². The standard InChI is InChI=1S/C12H21N5S/c1-5-6-14-12(4,8-13)7-9(2)18-11-15-10(3)16-17-11/h9,14H,5-7H2,1-4H3,(H,15,16,17). The molecule has 0 bridgehead atoms. The Kier molecular flexibility index (Phi) is 5.63. The van der Waals surface area contributed by atoms with Crippen molar-refractivity contribution in [1.29, 1.82) is 5.26 Å². The highest BCUT2D eigenvalue weighted by molar-refractivity contribution is 7.99. The maximum atomic E-state index is 9.27. The van der Waals surface area contributed by atoms with Crippen LogP contribution in [0.2, 0.25) is 0 Å². The highest BCUT2D eigenvalue weighted by atomic mass is 32.2. The first-order valence-electron chi connectivity index (χ1n) is 6.21. The van der Waals surface area contributed by atoms with Crippen molar-refractivity contribution < 1.29 is 0 Å². The van der Waals surface area contributed by atoms with Gasteiger partial charge >= 0.3 is 0 Å². The molecular formula is C12H21N5S. The van der Waals surface area contributed by atoms with Crippen molar-refractivity contribution in [1.82, 2.24) is 20.5 Å². The summed E-state index contributed by atoms with van der Waals surface area (Å²) in [7, 11) is 0. The van der Waals surface area contributed by atoms with Crippen LogP contribution in [-0.4, -0.2) is 32.5 Å². The molecule has 0 aromatic carbocycles. The van der Waals surface area contributed by atoms with Crippen LogP contribution in [0.3, 0.4) is 0 Å². The summed E-state index contributed by atoms with van der Waals surface area (Å²) in [6.45, 7) is 8.88. The van der Waals surface area contributed by atoms with Gasteiger partial charge in [0.15, 0.2) is 0 Å². The van der Waals surface area contributed by atoms with Crippen molar-refractivity contribution in [3.63, 3.8) is 0 Å². The van der Waals surface area contributed by atoms with E-state index in [-0.39, 0.29) is 5.25 Å². The van der Waals surface area contributed by atoms with Gasteiger partial charge in [-0.15, -0.1) is 5.10 Å². The molecule has 0 spiro atoms. The Hall–Kier alpha value is -1.06. The van der Waals surface area contributed by atoms with Gasteiger partial charge in [-0.25, -0.2) is 4.98 Å². The molecule has 1 heterocycles. The molecule has 2 N–H and O–H groups in total. The Labute approximate surface area is 113 Å². The molecule has 100 valence electrons. The summed E-state index contributed by atoms with van der Waals surface area (Å²) in [5, 5.41) is 20.5. The summed E-state index contributed by atoms with van der Waals surface area (Å²) in [6, 6.07) is 2.36. The second-order valence-electron chi connectivity index (χ2n) is 4.71. The molecule has 18 heavy (non-hydrogen) atoms. The molecule has 0 radical (unpaired) electrons. The third kappa shape index (κ3) is 4.67. The monoisotopic (exact) mass is 267 g/mol. The van der Waals surface area contributed by atoms with E-state index in [9.17, 15) is 5.26 Å². The average Bonchev–Trinajstić information content (AvgIpc) is 2.72. The molecule has 6 heteroatoms. The number of hydrogen-bond acceptors (Lipinski definition) is 5. The van der Waals surface area contributed by atoms with Crippen LogP contribution in [0, 0.1) is 18.3 Å².